The van der Waals surface area contributed by atoms with Gasteiger partial charge in [0.05, 0.1) is 10.6 Å². The summed E-state index contributed by atoms with van der Waals surface area (Å²) >= 11 is 1.66. The molecule has 0 saturated heterocycles. The zero-order chi connectivity index (χ0) is 16.2. The van der Waals surface area contributed by atoms with Crippen molar-refractivity contribution in [3.63, 3.8) is 0 Å². The van der Waals surface area contributed by atoms with E-state index in [-0.39, 0.29) is 5.91 Å². The fourth-order valence-electron chi connectivity index (χ4n) is 2.47. The molecule has 0 aliphatic rings. The second-order valence-corrected chi connectivity index (χ2v) is 6.31. The molecule has 0 saturated carbocycles. The van der Waals surface area contributed by atoms with Gasteiger partial charge in [-0.2, -0.15) is 5.10 Å². The van der Waals surface area contributed by atoms with Crippen molar-refractivity contribution in [2.45, 2.75) is 19.9 Å². The summed E-state index contributed by atoms with van der Waals surface area (Å²) in [4.78, 5) is 14.8. The van der Waals surface area contributed by atoms with Gasteiger partial charge in [0, 0.05) is 31.8 Å². The third-order valence-corrected chi connectivity index (χ3v) is 4.58. The van der Waals surface area contributed by atoms with Gasteiger partial charge < -0.3 is 4.90 Å². The molecule has 1 aromatic carbocycles. The molecule has 3 aromatic rings. The molecule has 0 radical (unpaired) electrons. The van der Waals surface area contributed by atoms with Crippen LogP contribution in [-0.4, -0.2) is 27.6 Å². The van der Waals surface area contributed by atoms with Gasteiger partial charge in [-0.3, -0.25) is 4.79 Å². The Morgan fingerprint density at radius 3 is 2.65 bits per heavy atom. The van der Waals surface area contributed by atoms with Gasteiger partial charge in [0.15, 0.2) is 0 Å². The van der Waals surface area contributed by atoms with Gasteiger partial charge in [-0.15, -0.1) is 11.3 Å². The second kappa shape index (κ2) is 6.79. The van der Waals surface area contributed by atoms with Crippen molar-refractivity contribution in [1.82, 2.24) is 14.7 Å². The first kappa shape index (κ1) is 15.5. The summed E-state index contributed by atoms with van der Waals surface area (Å²) in [5.41, 5.74) is 3.02. The van der Waals surface area contributed by atoms with Crippen molar-refractivity contribution < 1.29 is 4.79 Å². The minimum Gasteiger partial charge on any atom is -0.341 e. The SMILES string of the molecule is CCC(=O)N(C)Cc1cn(-c2ccccc2)nc1-c1cccs1. The van der Waals surface area contributed by atoms with E-state index in [1.807, 2.05) is 66.6 Å². The first-order chi connectivity index (χ1) is 11.2. The van der Waals surface area contributed by atoms with Crippen LogP contribution in [0.15, 0.2) is 54.0 Å². The predicted molar refractivity (Wildman–Crippen MR) is 93.6 cm³/mol. The molecule has 2 heterocycles. The minimum atomic E-state index is 0.134. The summed E-state index contributed by atoms with van der Waals surface area (Å²) in [6.07, 6.45) is 2.53. The highest BCUT2D eigenvalue weighted by molar-refractivity contribution is 7.13. The van der Waals surface area contributed by atoms with E-state index in [9.17, 15) is 4.79 Å². The average Bonchev–Trinajstić information content (AvgIpc) is 3.24. The van der Waals surface area contributed by atoms with Crippen LogP contribution in [0.2, 0.25) is 0 Å². The lowest BCUT2D eigenvalue weighted by Crippen LogP contribution is -2.25. The highest BCUT2D eigenvalue weighted by Crippen LogP contribution is 2.28. The molecule has 0 spiro atoms. The number of nitrogens with zero attached hydrogens (tertiary/aromatic N) is 3. The first-order valence-corrected chi connectivity index (χ1v) is 8.48. The highest BCUT2D eigenvalue weighted by Gasteiger charge is 2.16. The summed E-state index contributed by atoms with van der Waals surface area (Å²) in [6.45, 7) is 2.44. The third-order valence-electron chi connectivity index (χ3n) is 3.70. The number of carbonyl (C=O) groups excluding carboxylic acids is 1. The third kappa shape index (κ3) is 3.35. The van der Waals surface area contributed by atoms with Crippen LogP contribution < -0.4 is 0 Å². The molecular formula is C18H19N3OS. The Hall–Kier alpha value is -2.40. The number of hydrogen-bond donors (Lipinski definition) is 0. The monoisotopic (exact) mass is 325 g/mol. The number of para-hydroxylation sites is 1. The molecule has 0 aliphatic heterocycles. The van der Waals surface area contributed by atoms with E-state index in [2.05, 4.69) is 6.07 Å². The molecule has 0 fully saturated rings. The van der Waals surface area contributed by atoms with Gasteiger partial charge in [-0.05, 0) is 23.6 Å². The van der Waals surface area contributed by atoms with E-state index in [0.717, 1.165) is 21.8 Å². The Morgan fingerprint density at radius 1 is 1.22 bits per heavy atom. The molecule has 2 aromatic heterocycles. The smallest absolute Gasteiger partial charge is 0.222 e. The number of amides is 1. The lowest BCUT2D eigenvalue weighted by molar-refractivity contribution is -0.130. The average molecular weight is 325 g/mol. The topological polar surface area (TPSA) is 38.1 Å². The Kier molecular flexibility index (Phi) is 4.57. The number of carbonyl (C=O) groups is 1. The van der Waals surface area contributed by atoms with Crippen molar-refractivity contribution in [2.75, 3.05) is 7.05 Å². The lowest BCUT2D eigenvalue weighted by Gasteiger charge is -2.15. The highest BCUT2D eigenvalue weighted by atomic mass is 32.1. The van der Waals surface area contributed by atoms with Crippen molar-refractivity contribution in [3.8, 4) is 16.3 Å². The molecular weight excluding hydrogens is 306 g/mol. The Morgan fingerprint density at radius 2 is 2.00 bits per heavy atom. The van der Waals surface area contributed by atoms with E-state index in [0.29, 0.717) is 13.0 Å². The zero-order valence-corrected chi connectivity index (χ0v) is 14.1. The van der Waals surface area contributed by atoms with E-state index in [1.165, 1.54) is 0 Å². The van der Waals surface area contributed by atoms with Crippen LogP contribution in [0.1, 0.15) is 18.9 Å². The largest absolute Gasteiger partial charge is 0.341 e. The standard InChI is InChI=1S/C18H19N3OS/c1-3-17(22)20(2)12-14-13-21(15-8-5-4-6-9-15)19-18(14)16-10-7-11-23-16/h4-11,13H,3,12H2,1-2H3. The van der Waals surface area contributed by atoms with Gasteiger partial charge in [-0.25, -0.2) is 4.68 Å². The molecule has 0 aliphatic carbocycles. The van der Waals surface area contributed by atoms with Crippen LogP contribution in [0.3, 0.4) is 0 Å². The molecule has 5 heteroatoms. The van der Waals surface area contributed by atoms with Crippen LogP contribution >= 0.6 is 11.3 Å². The lowest BCUT2D eigenvalue weighted by atomic mass is 10.2. The van der Waals surface area contributed by atoms with E-state index in [4.69, 9.17) is 5.10 Å². The first-order valence-electron chi connectivity index (χ1n) is 7.61. The second-order valence-electron chi connectivity index (χ2n) is 5.36. The van der Waals surface area contributed by atoms with Crippen molar-refractivity contribution in [2.24, 2.45) is 0 Å². The van der Waals surface area contributed by atoms with Crippen LogP contribution in [0.25, 0.3) is 16.3 Å². The van der Waals surface area contributed by atoms with Crippen LogP contribution in [0.5, 0.6) is 0 Å². The van der Waals surface area contributed by atoms with Gasteiger partial charge in [-0.1, -0.05) is 31.2 Å². The zero-order valence-electron chi connectivity index (χ0n) is 13.3. The summed E-state index contributed by atoms with van der Waals surface area (Å²) in [7, 11) is 1.84. The normalized spacial score (nSPS) is 10.7. The van der Waals surface area contributed by atoms with Crippen LogP contribution in [0, 0.1) is 0 Å². The van der Waals surface area contributed by atoms with E-state index < -0.39 is 0 Å². The fourth-order valence-corrected chi connectivity index (χ4v) is 3.22. The quantitative estimate of drug-likeness (QED) is 0.712. The van der Waals surface area contributed by atoms with E-state index >= 15 is 0 Å². The summed E-state index contributed by atoms with van der Waals surface area (Å²) < 4.78 is 1.88. The molecule has 0 N–H and O–H groups in total. The summed E-state index contributed by atoms with van der Waals surface area (Å²) in [6, 6.07) is 14.1. The maximum Gasteiger partial charge on any atom is 0.222 e. The fraction of sp³-hybridized carbons (Fsp3) is 0.222. The predicted octanol–water partition coefficient (Wildman–Crippen LogP) is 3.97. The van der Waals surface area contributed by atoms with Crippen LogP contribution in [0.4, 0.5) is 0 Å². The number of thiophene rings is 1. The van der Waals surface area contributed by atoms with E-state index in [1.54, 1.807) is 16.2 Å². The minimum absolute atomic E-state index is 0.134. The number of rotatable bonds is 5. The number of hydrogen-bond acceptors (Lipinski definition) is 3. The molecule has 3 rings (SSSR count). The maximum atomic E-state index is 11.9. The Balaban J connectivity index is 1.99. The Labute approximate surface area is 140 Å². The van der Waals surface area contributed by atoms with Crippen molar-refractivity contribution in [1.29, 1.82) is 0 Å². The number of benzene rings is 1. The molecule has 4 nitrogen and oxygen atoms in total. The number of aromatic nitrogens is 2. The molecule has 118 valence electrons. The Bertz CT molecular complexity index is 778. The van der Waals surface area contributed by atoms with Crippen molar-refractivity contribution >= 4 is 17.2 Å². The van der Waals surface area contributed by atoms with Gasteiger partial charge in [0.25, 0.3) is 0 Å². The van der Waals surface area contributed by atoms with Gasteiger partial charge >= 0.3 is 0 Å². The van der Waals surface area contributed by atoms with Crippen molar-refractivity contribution in [3.05, 3.63) is 59.6 Å². The summed E-state index contributed by atoms with van der Waals surface area (Å²) in [5.74, 6) is 0.134. The molecule has 0 unspecified atom stereocenters. The molecule has 1 amide bonds. The molecule has 23 heavy (non-hydrogen) atoms. The van der Waals surface area contributed by atoms with Crippen LogP contribution in [-0.2, 0) is 11.3 Å². The maximum absolute atomic E-state index is 11.9. The molecule has 0 atom stereocenters. The summed E-state index contributed by atoms with van der Waals surface area (Å²) in [5, 5.41) is 6.79. The van der Waals surface area contributed by atoms with Gasteiger partial charge in [0.2, 0.25) is 5.91 Å². The van der Waals surface area contributed by atoms with Gasteiger partial charge in [0.1, 0.15) is 5.69 Å². The molecule has 0 bridgehead atoms.